The highest BCUT2D eigenvalue weighted by Crippen LogP contribution is 2.24. The summed E-state index contributed by atoms with van der Waals surface area (Å²) in [5.41, 5.74) is 0.975. The molecule has 0 aromatic heterocycles. The van der Waals surface area contributed by atoms with Gasteiger partial charge in [0.1, 0.15) is 0 Å². The second kappa shape index (κ2) is 7.33. The maximum Gasteiger partial charge on any atom is 0.220 e. The molecule has 1 aliphatic rings. The first-order valence-corrected chi connectivity index (χ1v) is 8.03. The van der Waals surface area contributed by atoms with Crippen LogP contribution in [0.2, 0.25) is 10.0 Å². The van der Waals surface area contributed by atoms with E-state index < -0.39 is 0 Å². The highest BCUT2D eigenvalue weighted by atomic mass is 35.5. The minimum Gasteiger partial charge on any atom is -0.353 e. The van der Waals surface area contributed by atoms with Crippen molar-refractivity contribution in [1.29, 1.82) is 0 Å². The Bertz CT molecular complexity index is 468. The van der Waals surface area contributed by atoms with Crippen molar-refractivity contribution in [3.8, 4) is 0 Å². The summed E-state index contributed by atoms with van der Waals surface area (Å²) in [4.78, 5) is 12.0. The highest BCUT2D eigenvalue weighted by Gasteiger charge is 2.19. The Hall–Kier alpha value is -0.730. The van der Waals surface area contributed by atoms with Crippen LogP contribution >= 0.6 is 23.2 Å². The molecule has 0 spiro atoms. The summed E-state index contributed by atoms with van der Waals surface area (Å²) in [6, 6.07) is 5.78. The number of nitrogens with one attached hydrogen (secondary N) is 1. The Morgan fingerprint density at radius 2 is 1.95 bits per heavy atom. The van der Waals surface area contributed by atoms with Crippen LogP contribution < -0.4 is 5.32 Å². The lowest BCUT2D eigenvalue weighted by molar-refractivity contribution is -0.122. The number of carbonyl (C=O) groups is 1. The number of carbonyl (C=O) groups excluding carboxylic acids is 1. The zero-order chi connectivity index (χ0) is 14.5. The lowest BCUT2D eigenvalue weighted by Crippen LogP contribution is -2.37. The third kappa shape index (κ3) is 4.68. The molecular formula is C16H21Cl2NO. The summed E-state index contributed by atoms with van der Waals surface area (Å²) >= 11 is 12.0. The zero-order valence-corrected chi connectivity index (χ0v) is 13.3. The van der Waals surface area contributed by atoms with E-state index in [9.17, 15) is 4.79 Å². The predicted molar refractivity (Wildman–Crippen MR) is 84.3 cm³/mol. The van der Waals surface area contributed by atoms with Crippen molar-refractivity contribution in [2.45, 2.75) is 51.5 Å². The van der Waals surface area contributed by atoms with Crippen LogP contribution in [-0.2, 0) is 11.2 Å². The molecule has 1 aromatic carbocycles. The molecule has 0 unspecified atom stereocenters. The van der Waals surface area contributed by atoms with Gasteiger partial charge in [0.2, 0.25) is 5.91 Å². The molecule has 110 valence electrons. The first-order chi connectivity index (χ1) is 9.54. The van der Waals surface area contributed by atoms with Gasteiger partial charge in [0, 0.05) is 22.5 Å². The molecule has 0 atom stereocenters. The molecule has 20 heavy (non-hydrogen) atoms. The quantitative estimate of drug-likeness (QED) is 0.863. The van der Waals surface area contributed by atoms with Crippen molar-refractivity contribution in [2.24, 2.45) is 5.92 Å². The van der Waals surface area contributed by atoms with Crippen molar-refractivity contribution in [3.05, 3.63) is 33.8 Å². The van der Waals surface area contributed by atoms with Crippen LogP contribution in [0.1, 0.15) is 44.6 Å². The second-order valence-corrected chi connectivity index (χ2v) is 6.60. The number of amides is 1. The molecule has 1 N–H and O–H groups in total. The monoisotopic (exact) mass is 313 g/mol. The van der Waals surface area contributed by atoms with Gasteiger partial charge in [-0.15, -0.1) is 0 Å². The summed E-state index contributed by atoms with van der Waals surface area (Å²) < 4.78 is 0. The van der Waals surface area contributed by atoms with E-state index in [0.29, 0.717) is 28.9 Å². The molecule has 1 fully saturated rings. The SMILES string of the molecule is CC1CCC(NC(=O)CCc2ccc(Cl)cc2Cl)CC1. The maximum atomic E-state index is 12.0. The molecule has 0 bridgehead atoms. The van der Waals surface area contributed by atoms with Crippen LogP contribution in [0.3, 0.4) is 0 Å². The summed E-state index contributed by atoms with van der Waals surface area (Å²) in [7, 11) is 0. The Kier molecular flexibility index (Phi) is 5.74. The van der Waals surface area contributed by atoms with E-state index in [1.165, 1.54) is 12.8 Å². The van der Waals surface area contributed by atoms with Gasteiger partial charge in [-0.25, -0.2) is 0 Å². The second-order valence-electron chi connectivity index (χ2n) is 5.76. The highest BCUT2D eigenvalue weighted by molar-refractivity contribution is 6.35. The zero-order valence-electron chi connectivity index (χ0n) is 11.8. The van der Waals surface area contributed by atoms with Gasteiger partial charge in [0.15, 0.2) is 0 Å². The van der Waals surface area contributed by atoms with Crippen molar-refractivity contribution in [2.75, 3.05) is 0 Å². The molecule has 1 amide bonds. The van der Waals surface area contributed by atoms with E-state index in [1.54, 1.807) is 6.07 Å². The van der Waals surface area contributed by atoms with Gasteiger partial charge >= 0.3 is 0 Å². The van der Waals surface area contributed by atoms with Gasteiger partial charge in [-0.3, -0.25) is 4.79 Å². The van der Waals surface area contributed by atoms with Crippen LogP contribution in [0, 0.1) is 5.92 Å². The van der Waals surface area contributed by atoms with Crippen molar-refractivity contribution >= 4 is 29.1 Å². The fraction of sp³-hybridized carbons (Fsp3) is 0.562. The maximum absolute atomic E-state index is 12.0. The topological polar surface area (TPSA) is 29.1 Å². The molecule has 0 saturated heterocycles. The van der Waals surface area contributed by atoms with Crippen molar-refractivity contribution in [3.63, 3.8) is 0 Å². The van der Waals surface area contributed by atoms with Gasteiger partial charge in [-0.1, -0.05) is 36.2 Å². The normalized spacial score (nSPS) is 22.6. The van der Waals surface area contributed by atoms with E-state index in [-0.39, 0.29) is 5.91 Å². The van der Waals surface area contributed by atoms with Crippen LogP contribution in [0.4, 0.5) is 0 Å². The smallest absolute Gasteiger partial charge is 0.220 e. The third-order valence-electron chi connectivity index (χ3n) is 4.02. The summed E-state index contributed by atoms with van der Waals surface area (Å²) in [5, 5.41) is 4.39. The van der Waals surface area contributed by atoms with Crippen molar-refractivity contribution in [1.82, 2.24) is 5.32 Å². The van der Waals surface area contributed by atoms with Crippen LogP contribution in [0.25, 0.3) is 0 Å². The average Bonchev–Trinajstić information content (AvgIpc) is 2.40. The molecule has 1 saturated carbocycles. The molecule has 4 heteroatoms. The molecule has 0 heterocycles. The van der Waals surface area contributed by atoms with Gasteiger partial charge < -0.3 is 5.32 Å². The molecule has 2 nitrogen and oxygen atoms in total. The van der Waals surface area contributed by atoms with E-state index in [2.05, 4.69) is 12.2 Å². The summed E-state index contributed by atoms with van der Waals surface area (Å²) in [6.07, 6.45) is 5.78. The number of aryl methyl sites for hydroxylation is 1. The molecule has 0 aliphatic heterocycles. The Morgan fingerprint density at radius 3 is 2.60 bits per heavy atom. The summed E-state index contributed by atoms with van der Waals surface area (Å²) in [5.74, 6) is 0.923. The molecule has 1 aromatic rings. The minimum atomic E-state index is 0.121. The van der Waals surface area contributed by atoms with Gasteiger partial charge in [-0.05, 0) is 55.7 Å². The number of benzene rings is 1. The largest absolute Gasteiger partial charge is 0.353 e. The fourth-order valence-electron chi connectivity index (χ4n) is 2.68. The molecule has 1 aliphatic carbocycles. The summed E-state index contributed by atoms with van der Waals surface area (Å²) in [6.45, 7) is 2.28. The molecular weight excluding hydrogens is 293 g/mol. The van der Waals surface area contributed by atoms with Crippen LogP contribution in [-0.4, -0.2) is 11.9 Å². The predicted octanol–water partition coefficient (Wildman–Crippen LogP) is 4.62. The van der Waals surface area contributed by atoms with Gasteiger partial charge in [0.25, 0.3) is 0 Å². The average molecular weight is 314 g/mol. The fourth-order valence-corrected chi connectivity index (χ4v) is 3.18. The van der Waals surface area contributed by atoms with E-state index >= 15 is 0 Å². The Morgan fingerprint density at radius 1 is 1.25 bits per heavy atom. The lowest BCUT2D eigenvalue weighted by atomic mass is 9.87. The van der Waals surface area contributed by atoms with Gasteiger partial charge in [0.05, 0.1) is 0 Å². The first-order valence-electron chi connectivity index (χ1n) is 7.28. The lowest BCUT2D eigenvalue weighted by Gasteiger charge is -2.26. The molecule has 2 rings (SSSR count). The van der Waals surface area contributed by atoms with Crippen LogP contribution in [0.5, 0.6) is 0 Å². The van der Waals surface area contributed by atoms with Crippen molar-refractivity contribution < 1.29 is 4.79 Å². The standard InChI is InChI=1S/C16H21Cl2NO/c1-11-2-7-14(8-3-11)19-16(20)9-5-12-4-6-13(17)10-15(12)18/h4,6,10-11,14H,2-3,5,7-9H2,1H3,(H,19,20). The molecule has 0 radical (unpaired) electrons. The van der Waals surface area contributed by atoms with Crippen LogP contribution in [0.15, 0.2) is 18.2 Å². The number of halogens is 2. The third-order valence-corrected chi connectivity index (χ3v) is 4.60. The number of hydrogen-bond donors (Lipinski definition) is 1. The minimum absolute atomic E-state index is 0.121. The Balaban J connectivity index is 1.77. The first kappa shape index (κ1) is 15.7. The number of hydrogen-bond acceptors (Lipinski definition) is 1. The van der Waals surface area contributed by atoms with E-state index in [0.717, 1.165) is 24.3 Å². The van der Waals surface area contributed by atoms with Gasteiger partial charge in [-0.2, -0.15) is 0 Å². The van der Waals surface area contributed by atoms with E-state index in [4.69, 9.17) is 23.2 Å². The Labute approximate surface area is 130 Å². The van der Waals surface area contributed by atoms with E-state index in [1.807, 2.05) is 12.1 Å². The number of rotatable bonds is 4.